The van der Waals surface area contributed by atoms with E-state index in [2.05, 4.69) is 4.98 Å². The fourth-order valence-electron chi connectivity index (χ4n) is 1.35. The van der Waals surface area contributed by atoms with Gasteiger partial charge >= 0.3 is 0 Å². The third-order valence-corrected chi connectivity index (χ3v) is 4.67. The van der Waals surface area contributed by atoms with Crippen LogP contribution < -0.4 is 0 Å². The van der Waals surface area contributed by atoms with Gasteiger partial charge in [0.15, 0.2) is 0 Å². The molecule has 1 aromatic rings. The van der Waals surface area contributed by atoms with Crippen molar-refractivity contribution in [2.75, 3.05) is 12.3 Å². The zero-order valence-corrected chi connectivity index (χ0v) is 8.64. The fourth-order valence-corrected chi connectivity index (χ4v) is 3.54. The van der Waals surface area contributed by atoms with Crippen molar-refractivity contribution in [1.29, 1.82) is 0 Å². The van der Waals surface area contributed by atoms with Crippen LogP contribution in [-0.4, -0.2) is 30.0 Å². The van der Waals surface area contributed by atoms with E-state index in [0.717, 1.165) is 11.4 Å². The molecule has 1 saturated heterocycles. The maximum Gasteiger partial charge on any atom is 0.214 e. The third kappa shape index (κ3) is 1.90. The normalized spacial score (nSPS) is 22.2. The first-order chi connectivity index (χ1) is 6.18. The predicted molar refractivity (Wildman–Crippen MR) is 50.9 cm³/mol. The highest BCUT2D eigenvalue weighted by Gasteiger charge is 2.28. The van der Waals surface area contributed by atoms with Crippen LogP contribution in [0.2, 0.25) is 0 Å². The Morgan fingerprint density at radius 1 is 1.62 bits per heavy atom. The number of hydrogen-bond donors (Lipinski definition) is 0. The number of hydrogen-bond acceptors (Lipinski definition) is 4. The molecule has 6 heteroatoms. The number of nitrogens with zero attached hydrogens (tertiary/aromatic N) is 2. The summed E-state index contributed by atoms with van der Waals surface area (Å²) in [6.45, 7) is 1.09. The van der Waals surface area contributed by atoms with Gasteiger partial charge in [-0.25, -0.2) is 13.4 Å². The molecule has 0 bridgehead atoms. The Hall–Kier alpha value is -0.460. The summed E-state index contributed by atoms with van der Waals surface area (Å²) in [6.07, 6.45) is 2.44. The molecule has 1 aliphatic rings. The Kier molecular flexibility index (Phi) is 2.35. The van der Waals surface area contributed by atoms with Gasteiger partial charge in [-0.1, -0.05) is 0 Å². The minimum absolute atomic E-state index is 0.290. The smallest absolute Gasteiger partial charge is 0.214 e. The van der Waals surface area contributed by atoms with Gasteiger partial charge in [-0.15, -0.1) is 11.3 Å². The molecule has 0 N–H and O–H groups in total. The lowest BCUT2D eigenvalue weighted by atomic mass is 10.5. The SMILES string of the molecule is O=S1(=O)CCCN1Cc1nccs1. The van der Waals surface area contributed by atoms with Crippen molar-refractivity contribution >= 4 is 21.4 Å². The van der Waals surface area contributed by atoms with E-state index in [-0.39, 0.29) is 0 Å². The van der Waals surface area contributed by atoms with Crippen molar-refractivity contribution in [2.24, 2.45) is 0 Å². The maximum atomic E-state index is 11.4. The summed E-state index contributed by atoms with van der Waals surface area (Å²) < 4.78 is 24.3. The van der Waals surface area contributed by atoms with Gasteiger partial charge < -0.3 is 0 Å². The van der Waals surface area contributed by atoms with Gasteiger partial charge in [0, 0.05) is 18.1 Å². The van der Waals surface area contributed by atoms with Gasteiger partial charge in [0.05, 0.1) is 12.3 Å². The van der Waals surface area contributed by atoms with Crippen LogP contribution in [0.25, 0.3) is 0 Å². The molecule has 0 unspecified atom stereocenters. The van der Waals surface area contributed by atoms with Crippen LogP contribution in [0.4, 0.5) is 0 Å². The lowest BCUT2D eigenvalue weighted by Crippen LogP contribution is -2.24. The van der Waals surface area contributed by atoms with Gasteiger partial charge in [-0.3, -0.25) is 0 Å². The summed E-state index contributed by atoms with van der Waals surface area (Å²) in [6, 6.07) is 0. The van der Waals surface area contributed by atoms with Crippen molar-refractivity contribution in [1.82, 2.24) is 9.29 Å². The summed E-state index contributed by atoms with van der Waals surface area (Å²) in [7, 11) is -2.96. The fraction of sp³-hybridized carbons (Fsp3) is 0.571. The second-order valence-electron chi connectivity index (χ2n) is 2.93. The van der Waals surface area contributed by atoms with Crippen LogP contribution in [-0.2, 0) is 16.6 Å². The van der Waals surface area contributed by atoms with Crippen LogP contribution in [0, 0.1) is 0 Å². The zero-order valence-electron chi connectivity index (χ0n) is 7.01. The molecule has 1 aliphatic heterocycles. The average Bonchev–Trinajstić information content (AvgIpc) is 2.63. The van der Waals surface area contributed by atoms with Gasteiger partial charge in [0.1, 0.15) is 5.01 Å². The van der Waals surface area contributed by atoms with E-state index in [9.17, 15) is 8.42 Å². The van der Waals surface area contributed by atoms with Crippen molar-refractivity contribution < 1.29 is 8.42 Å². The Labute approximate surface area is 81.3 Å². The molecular formula is C7H10N2O2S2. The summed E-state index contributed by atoms with van der Waals surface area (Å²) in [5.41, 5.74) is 0. The van der Waals surface area contributed by atoms with Crippen molar-refractivity contribution in [3.8, 4) is 0 Å². The second kappa shape index (κ2) is 3.36. The summed E-state index contributed by atoms with van der Waals surface area (Å²) in [5, 5.41) is 2.73. The van der Waals surface area contributed by atoms with Crippen LogP contribution in [0.1, 0.15) is 11.4 Å². The predicted octanol–water partition coefficient (Wildman–Crippen LogP) is 0.679. The molecule has 4 nitrogen and oxygen atoms in total. The molecule has 0 saturated carbocycles. The first-order valence-corrected chi connectivity index (χ1v) is 6.53. The number of rotatable bonds is 2. The first kappa shape index (κ1) is 9.11. The van der Waals surface area contributed by atoms with E-state index >= 15 is 0 Å². The molecule has 2 rings (SSSR count). The van der Waals surface area contributed by atoms with Crippen molar-refractivity contribution in [3.05, 3.63) is 16.6 Å². The minimum Gasteiger partial charge on any atom is -0.248 e. The van der Waals surface area contributed by atoms with E-state index in [1.165, 1.54) is 15.6 Å². The number of aromatic nitrogens is 1. The molecule has 1 aromatic heterocycles. The largest absolute Gasteiger partial charge is 0.248 e. The monoisotopic (exact) mass is 218 g/mol. The Balaban J connectivity index is 2.11. The van der Waals surface area contributed by atoms with Gasteiger partial charge in [-0.05, 0) is 6.42 Å². The van der Waals surface area contributed by atoms with Crippen LogP contribution >= 0.6 is 11.3 Å². The molecule has 0 amide bonds. The molecule has 72 valence electrons. The first-order valence-electron chi connectivity index (χ1n) is 4.05. The second-order valence-corrected chi connectivity index (χ2v) is 6.00. The standard InChI is InChI=1S/C7H10N2O2S2/c10-13(11)5-1-3-9(13)6-7-8-2-4-12-7/h2,4H,1,3,5-6H2. The van der Waals surface area contributed by atoms with E-state index in [4.69, 9.17) is 0 Å². The Morgan fingerprint density at radius 3 is 3.00 bits per heavy atom. The molecule has 0 atom stereocenters. The van der Waals surface area contributed by atoms with Crippen LogP contribution in [0.3, 0.4) is 0 Å². The van der Waals surface area contributed by atoms with Gasteiger partial charge in [-0.2, -0.15) is 4.31 Å². The van der Waals surface area contributed by atoms with E-state index in [1.54, 1.807) is 6.20 Å². The average molecular weight is 218 g/mol. The number of thiazole rings is 1. The summed E-state index contributed by atoms with van der Waals surface area (Å²) in [5.74, 6) is 0.290. The topological polar surface area (TPSA) is 50.3 Å². The quantitative estimate of drug-likeness (QED) is 0.733. The molecule has 2 heterocycles. The van der Waals surface area contributed by atoms with Crippen molar-refractivity contribution in [3.63, 3.8) is 0 Å². The molecule has 13 heavy (non-hydrogen) atoms. The van der Waals surface area contributed by atoms with Crippen molar-refractivity contribution in [2.45, 2.75) is 13.0 Å². The molecule has 0 aliphatic carbocycles. The maximum absolute atomic E-state index is 11.4. The van der Waals surface area contributed by atoms with Crippen LogP contribution in [0.15, 0.2) is 11.6 Å². The Morgan fingerprint density at radius 2 is 2.46 bits per heavy atom. The Bertz CT molecular complexity index is 371. The molecule has 0 spiro atoms. The van der Waals surface area contributed by atoms with E-state index in [0.29, 0.717) is 18.8 Å². The highest BCUT2D eigenvalue weighted by molar-refractivity contribution is 7.89. The zero-order chi connectivity index (χ0) is 9.31. The van der Waals surface area contributed by atoms with E-state index in [1.807, 2.05) is 5.38 Å². The van der Waals surface area contributed by atoms with Crippen LogP contribution in [0.5, 0.6) is 0 Å². The summed E-state index contributed by atoms with van der Waals surface area (Å²) >= 11 is 1.49. The molecule has 0 aromatic carbocycles. The number of sulfonamides is 1. The van der Waals surface area contributed by atoms with E-state index < -0.39 is 10.0 Å². The highest BCUT2D eigenvalue weighted by atomic mass is 32.2. The lowest BCUT2D eigenvalue weighted by Gasteiger charge is -2.11. The lowest BCUT2D eigenvalue weighted by molar-refractivity contribution is 0.439. The molecule has 1 fully saturated rings. The highest BCUT2D eigenvalue weighted by Crippen LogP contribution is 2.17. The molecular weight excluding hydrogens is 208 g/mol. The van der Waals surface area contributed by atoms with Gasteiger partial charge in [0.2, 0.25) is 10.0 Å². The summed E-state index contributed by atoms with van der Waals surface area (Å²) in [4.78, 5) is 4.06. The minimum atomic E-state index is -2.96. The third-order valence-electron chi connectivity index (χ3n) is 2.00. The van der Waals surface area contributed by atoms with Gasteiger partial charge in [0.25, 0.3) is 0 Å². The molecule has 0 radical (unpaired) electrons.